The number of alkyl halides is 3. The zero-order valence-corrected chi connectivity index (χ0v) is 17.0. The van der Waals surface area contributed by atoms with Gasteiger partial charge in [0.05, 0.1) is 12.1 Å². The van der Waals surface area contributed by atoms with Crippen LogP contribution >= 0.6 is 11.3 Å². The number of benzene rings is 1. The Bertz CT molecular complexity index is 822. The van der Waals surface area contributed by atoms with Gasteiger partial charge in [0.25, 0.3) is 5.91 Å². The number of piperazine rings is 1. The molecule has 1 aliphatic heterocycles. The summed E-state index contributed by atoms with van der Waals surface area (Å²) in [5, 5.41) is 0.653. The molecule has 0 atom stereocenters. The Labute approximate surface area is 167 Å². The second-order valence-electron chi connectivity index (χ2n) is 7.34. The van der Waals surface area contributed by atoms with Crippen LogP contribution in [0, 0.1) is 6.92 Å². The number of hydrogen-bond acceptors (Lipinski definition) is 4. The molecule has 1 saturated heterocycles. The molecule has 0 spiro atoms. The Kier molecular flexibility index (Phi) is 6.09. The minimum atomic E-state index is -4.22. The first-order valence-electron chi connectivity index (χ1n) is 9.31. The maximum atomic E-state index is 12.9. The number of aryl methyl sites for hydroxylation is 1. The van der Waals surface area contributed by atoms with Gasteiger partial charge in [-0.15, -0.1) is 11.3 Å². The normalized spacial score (nSPS) is 16.0. The largest absolute Gasteiger partial charge is 0.393 e. The van der Waals surface area contributed by atoms with Crippen molar-refractivity contribution < 1.29 is 18.0 Å². The van der Waals surface area contributed by atoms with Crippen molar-refractivity contribution in [3.05, 3.63) is 40.4 Å². The van der Waals surface area contributed by atoms with Crippen molar-refractivity contribution in [2.75, 3.05) is 26.2 Å². The van der Waals surface area contributed by atoms with Gasteiger partial charge in [0.1, 0.15) is 9.88 Å². The number of halogens is 3. The summed E-state index contributed by atoms with van der Waals surface area (Å²) in [7, 11) is 0. The highest BCUT2D eigenvalue weighted by Crippen LogP contribution is 2.30. The fourth-order valence-corrected chi connectivity index (χ4v) is 4.34. The van der Waals surface area contributed by atoms with Crippen LogP contribution in [0.5, 0.6) is 0 Å². The number of carbonyl (C=O) groups is 1. The standard InChI is InChI=1S/C20H24F3N3OS/c1-13(2)25-8-10-26(11-9-25)19(27)17-14(3)24-18(28-17)16-6-4-15(5-7-16)12-20(21,22)23/h4-7,13H,8-12H2,1-3H3. The molecule has 2 heterocycles. The second kappa shape index (κ2) is 8.21. The van der Waals surface area contributed by atoms with Crippen molar-refractivity contribution in [1.82, 2.24) is 14.8 Å². The molecule has 4 nitrogen and oxygen atoms in total. The molecule has 28 heavy (non-hydrogen) atoms. The highest BCUT2D eigenvalue weighted by Gasteiger charge is 2.28. The van der Waals surface area contributed by atoms with Crippen LogP contribution in [-0.4, -0.2) is 59.1 Å². The van der Waals surface area contributed by atoms with Crippen molar-refractivity contribution in [2.24, 2.45) is 0 Å². The third kappa shape index (κ3) is 4.91. The lowest BCUT2D eigenvalue weighted by Crippen LogP contribution is -2.50. The Hall–Kier alpha value is -1.93. The van der Waals surface area contributed by atoms with Crippen molar-refractivity contribution in [3.8, 4) is 10.6 Å². The second-order valence-corrected chi connectivity index (χ2v) is 8.34. The Morgan fingerprint density at radius 3 is 2.29 bits per heavy atom. The predicted octanol–water partition coefficient (Wildman–Crippen LogP) is 4.39. The van der Waals surface area contributed by atoms with Gasteiger partial charge < -0.3 is 4.90 Å². The summed E-state index contributed by atoms with van der Waals surface area (Å²) in [6, 6.07) is 6.66. The van der Waals surface area contributed by atoms with Crippen molar-refractivity contribution in [2.45, 2.75) is 39.4 Å². The highest BCUT2D eigenvalue weighted by molar-refractivity contribution is 7.17. The van der Waals surface area contributed by atoms with E-state index in [9.17, 15) is 18.0 Å². The van der Waals surface area contributed by atoms with Crippen LogP contribution < -0.4 is 0 Å². The first kappa shape index (κ1) is 20.8. The molecule has 0 radical (unpaired) electrons. The number of nitrogens with zero attached hydrogens (tertiary/aromatic N) is 3. The molecule has 1 aliphatic rings. The number of rotatable bonds is 4. The first-order valence-corrected chi connectivity index (χ1v) is 10.1. The topological polar surface area (TPSA) is 36.4 Å². The zero-order valence-electron chi connectivity index (χ0n) is 16.2. The Morgan fingerprint density at radius 1 is 1.14 bits per heavy atom. The summed E-state index contributed by atoms with van der Waals surface area (Å²) in [6.07, 6.45) is -5.17. The van der Waals surface area contributed by atoms with Crippen LogP contribution in [0.3, 0.4) is 0 Å². The van der Waals surface area contributed by atoms with Crippen LogP contribution in [0.1, 0.15) is 34.8 Å². The van der Waals surface area contributed by atoms with E-state index in [0.717, 1.165) is 18.7 Å². The van der Waals surface area contributed by atoms with Gasteiger partial charge in [-0.25, -0.2) is 4.98 Å². The van der Waals surface area contributed by atoms with Crippen LogP contribution in [0.2, 0.25) is 0 Å². The Morgan fingerprint density at radius 2 is 1.75 bits per heavy atom. The van der Waals surface area contributed by atoms with E-state index in [0.29, 0.717) is 34.7 Å². The molecule has 152 valence electrons. The third-order valence-corrected chi connectivity index (χ3v) is 6.12. The van der Waals surface area contributed by atoms with E-state index in [2.05, 4.69) is 23.7 Å². The average Bonchev–Trinajstić information content (AvgIpc) is 3.02. The van der Waals surface area contributed by atoms with Gasteiger partial charge in [-0.3, -0.25) is 9.69 Å². The van der Waals surface area contributed by atoms with E-state index in [-0.39, 0.29) is 11.5 Å². The van der Waals surface area contributed by atoms with Crippen LogP contribution in [0.15, 0.2) is 24.3 Å². The van der Waals surface area contributed by atoms with E-state index >= 15 is 0 Å². The van der Waals surface area contributed by atoms with Crippen molar-refractivity contribution in [1.29, 1.82) is 0 Å². The quantitative estimate of drug-likeness (QED) is 0.749. The molecule has 3 rings (SSSR count). The number of thiazole rings is 1. The highest BCUT2D eigenvalue weighted by atomic mass is 32.1. The summed E-state index contributed by atoms with van der Waals surface area (Å²) >= 11 is 1.30. The van der Waals surface area contributed by atoms with Gasteiger partial charge in [0, 0.05) is 37.8 Å². The number of hydrogen-bond donors (Lipinski definition) is 0. The molecule has 0 aliphatic carbocycles. The number of amides is 1. The van der Waals surface area contributed by atoms with Gasteiger partial charge >= 0.3 is 6.18 Å². The predicted molar refractivity (Wildman–Crippen MR) is 105 cm³/mol. The maximum Gasteiger partial charge on any atom is 0.393 e. The summed E-state index contributed by atoms with van der Waals surface area (Å²) in [5.74, 6) is -0.0154. The molecule has 1 amide bonds. The molecular weight excluding hydrogens is 387 g/mol. The summed E-state index contributed by atoms with van der Waals surface area (Å²) in [6.45, 7) is 9.19. The van der Waals surface area contributed by atoms with Crippen molar-refractivity contribution >= 4 is 17.2 Å². The van der Waals surface area contributed by atoms with E-state index in [1.807, 2.05) is 4.90 Å². The van der Waals surface area contributed by atoms with Crippen LogP contribution in [-0.2, 0) is 6.42 Å². The van der Waals surface area contributed by atoms with Gasteiger partial charge in [-0.1, -0.05) is 24.3 Å². The smallest absolute Gasteiger partial charge is 0.335 e. The molecule has 0 N–H and O–H groups in total. The number of aromatic nitrogens is 1. The number of carbonyl (C=O) groups excluding carboxylic acids is 1. The first-order chi connectivity index (χ1) is 13.1. The SMILES string of the molecule is Cc1nc(-c2ccc(CC(F)(F)F)cc2)sc1C(=O)N1CCN(C(C)C)CC1. The minimum absolute atomic E-state index is 0.0154. The molecular formula is C20H24F3N3OS. The molecule has 1 aromatic carbocycles. The van der Waals surface area contributed by atoms with E-state index in [1.54, 1.807) is 19.1 Å². The van der Waals surface area contributed by atoms with Crippen molar-refractivity contribution in [3.63, 3.8) is 0 Å². The molecule has 1 fully saturated rings. The molecule has 0 unspecified atom stereocenters. The third-order valence-electron chi connectivity index (χ3n) is 4.93. The monoisotopic (exact) mass is 411 g/mol. The maximum absolute atomic E-state index is 12.9. The molecule has 0 saturated carbocycles. The summed E-state index contributed by atoms with van der Waals surface area (Å²) < 4.78 is 37.5. The lowest BCUT2D eigenvalue weighted by atomic mass is 10.1. The lowest BCUT2D eigenvalue weighted by Gasteiger charge is -2.36. The lowest BCUT2D eigenvalue weighted by molar-refractivity contribution is -0.127. The fraction of sp³-hybridized carbons (Fsp3) is 0.500. The zero-order chi connectivity index (χ0) is 20.5. The van der Waals surface area contributed by atoms with Gasteiger partial charge in [0.15, 0.2) is 0 Å². The van der Waals surface area contributed by atoms with E-state index in [1.165, 1.54) is 23.5 Å². The molecule has 1 aromatic heterocycles. The van der Waals surface area contributed by atoms with E-state index in [4.69, 9.17) is 0 Å². The molecule has 2 aromatic rings. The van der Waals surface area contributed by atoms with E-state index < -0.39 is 12.6 Å². The summed E-state index contributed by atoms with van der Waals surface area (Å²) in [4.78, 5) is 22.2. The summed E-state index contributed by atoms with van der Waals surface area (Å²) in [5.41, 5.74) is 1.60. The van der Waals surface area contributed by atoms with Crippen LogP contribution in [0.25, 0.3) is 10.6 Å². The van der Waals surface area contributed by atoms with Crippen LogP contribution in [0.4, 0.5) is 13.2 Å². The van der Waals surface area contributed by atoms with Gasteiger partial charge in [0.2, 0.25) is 0 Å². The Balaban J connectivity index is 1.72. The molecule has 8 heteroatoms. The fourth-order valence-electron chi connectivity index (χ4n) is 3.30. The van der Waals surface area contributed by atoms with Gasteiger partial charge in [-0.2, -0.15) is 13.2 Å². The molecule has 0 bridgehead atoms. The minimum Gasteiger partial charge on any atom is -0.335 e. The average molecular weight is 411 g/mol. The van der Waals surface area contributed by atoms with Gasteiger partial charge in [-0.05, 0) is 26.3 Å².